The molecule has 8 nitrogen and oxygen atoms in total. The van der Waals surface area contributed by atoms with Gasteiger partial charge in [-0.2, -0.15) is 4.31 Å². The van der Waals surface area contributed by atoms with E-state index in [0.29, 0.717) is 48.4 Å². The van der Waals surface area contributed by atoms with Crippen LogP contribution in [0.25, 0.3) is 11.3 Å². The highest BCUT2D eigenvalue weighted by molar-refractivity contribution is 7.89. The van der Waals surface area contributed by atoms with Crippen molar-refractivity contribution in [1.82, 2.24) is 19.3 Å². The van der Waals surface area contributed by atoms with Gasteiger partial charge in [-0.05, 0) is 36.8 Å². The van der Waals surface area contributed by atoms with Crippen LogP contribution in [0.4, 0.5) is 5.69 Å². The second-order valence-electron chi connectivity index (χ2n) is 8.96. The van der Waals surface area contributed by atoms with E-state index in [-0.39, 0.29) is 4.90 Å². The number of nitrogens with zero attached hydrogens (tertiary/aromatic N) is 4. The number of anilines is 1. The molecule has 1 N–H and O–H groups in total. The molecule has 0 amide bonds. The van der Waals surface area contributed by atoms with E-state index in [0.717, 1.165) is 34.9 Å². The van der Waals surface area contributed by atoms with E-state index in [1.807, 2.05) is 24.3 Å². The van der Waals surface area contributed by atoms with E-state index in [1.165, 1.54) is 4.31 Å². The van der Waals surface area contributed by atoms with Gasteiger partial charge >= 0.3 is 0 Å². The van der Waals surface area contributed by atoms with Gasteiger partial charge in [-0.1, -0.05) is 35.3 Å². The molecule has 0 saturated carbocycles. The van der Waals surface area contributed by atoms with Crippen molar-refractivity contribution in [2.24, 2.45) is 0 Å². The first-order valence-corrected chi connectivity index (χ1v) is 14.4. The molecule has 38 heavy (non-hydrogen) atoms. The number of hydrogen-bond acceptors (Lipinski definition) is 6. The van der Waals surface area contributed by atoms with Gasteiger partial charge in [-0.15, -0.1) is 0 Å². The molecule has 1 saturated heterocycles. The number of H-pyrrole nitrogens is 1. The average molecular weight is 573 g/mol. The SMILES string of the molecule is COc1cc(CCc2ncc[nH]2)nc(-c2ccc(S(=O)(=O)N3CCN(c4cc(Cl)cc(Cl)c4)CC3)cc2)c1. The van der Waals surface area contributed by atoms with Gasteiger partial charge in [0.15, 0.2) is 0 Å². The van der Waals surface area contributed by atoms with Crippen LogP contribution >= 0.6 is 23.2 Å². The lowest BCUT2D eigenvalue weighted by Crippen LogP contribution is -2.48. The van der Waals surface area contributed by atoms with E-state index in [9.17, 15) is 8.42 Å². The van der Waals surface area contributed by atoms with Crippen LogP contribution in [0.1, 0.15) is 11.5 Å². The lowest BCUT2D eigenvalue weighted by Gasteiger charge is -2.35. The number of aromatic amines is 1. The third-order valence-electron chi connectivity index (χ3n) is 6.50. The Morgan fingerprint density at radius 3 is 2.29 bits per heavy atom. The maximum atomic E-state index is 13.4. The van der Waals surface area contributed by atoms with Crippen molar-refractivity contribution < 1.29 is 13.2 Å². The Bertz CT molecular complexity index is 1480. The van der Waals surface area contributed by atoms with Gasteiger partial charge in [0.2, 0.25) is 10.0 Å². The number of aromatic nitrogens is 3. The fourth-order valence-electron chi connectivity index (χ4n) is 4.49. The number of ether oxygens (including phenoxy) is 1. The van der Waals surface area contributed by atoms with Crippen molar-refractivity contribution in [3.8, 4) is 17.0 Å². The molecule has 2 aromatic carbocycles. The maximum Gasteiger partial charge on any atom is 0.243 e. The second-order valence-corrected chi connectivity index (χ2v) is 11.8. The first-order valence-electron chi connectivity index (χ1n) is 12.2. The van der Waals surface area contributed by atoms with Crippen molar-refractivity contribution in [1.29, 1.82) is 0 Å². The van der Waals surface area contributed by atoms with E-state index in [1.54, 1.807) is 49.8 Å². The fourth-order valence-corrected chi connectivity index (χ4v) is 6.43. The Morgan fingerprint density at radius 2 is 1.66 bits per heavy atom. The normalized spacial score (nSPS) is 14.6. The van der Waals surface area contributed by atoms with Crippen molar-refractivity contribution in [2.45, 2.75) is 17.7 Å². The molecule has 1 aliphatic rings. The van der Waals surface area contributed by atoms with E-state index in [4.69, 9.17) is 32.9 Å². The molecule has 198 valence electrons. The zero-order valence-corrected chi connectivity index (χ0v) is 23.1. The number of benzene rings is 2. The maximum absolute atomic E-state index is 13.4. The number of pyridine rings is 1. The predicted molar refractivity (Wildman–Crippen MR) is 150 cm³/mol. The molecule has 3 heterocycles. The van der Waals surface area contributed by atoms with Gasteiger partial charge in [0.25, 0.3) is 0 Å². The van der Waals surface area contributed by atoms with Crippen LogP contribution in [0.2, 0.25) is 10.0 Å². The number of methoxy groups -OCH3 is 1. The first-order chi connectivity index (χ1) is 18.3. The minimum absolute atomic E-state index is 0.251. The molecular formula is C27H27Cl2N5O3S. The summed E-state index contributed by atoms with van der Waals surface area (Å²) in [5.74, 6) is 1.59. The van der Waals surface area contributed by atoms with Crippen LogP contribution in [0, 0.1) is 0 Å². The largest absolute Gasteiger partial charge is 0.497 e. The minimum atomic E-state index is -3.64. The van der Waals surface area contributed by atoms with Crippen molar-refractivity contribution in [2.75, 3.05) is 38.2 Å². The fraction of sp³-hybridized carbons (Fsp3) is 0.259. The Balaban J connectivity index is 1.29. The smallest absolute Gasteiger partial charge is 0.243 e. The second kappa shape index (κ2) is 11.3. The quantitative estimate of drug-likeness (QED) is 0.317. The molecule has 4 aromatic rings. The number of sulfonamides is 1. The van der Waals surface area contributed by atoms with E-state index < -0.39 is 10.0 Å². The monoisotopic (exact) mass is 571 g/mol. The van der Waals surface area contributed by atoms with Crippen LogP contribution in [-0.4, -0.2) is 61.0 Å². The molecule has 0 radical (unpaired) electrons. The Hall–Kier alpha value is -3.11. The molecule has 2 aromatic heterocycles. The third-order valence-corrected chi connectivity index (χ3v) is 8.85. The van der Waals surface area contributed by atoms with E-state index in [2.05, 4.69) is 14.9 Å². The van der Waals surface area contributed by atoms with Gasteiger partial charge in [0, 0.05) is 84.1 Å². The highest BCUT2D eigenvalue weighted by atomic mass is 35.5. The molecule has 5 rings (SSSR count). The highest BCUT2D eigenvalue weighted by Gasteiger charge is 2.29. The predicted octanol–water partition coefficient (Wildman–Crippen LogP) is 5.08. The van der Waals surface area contributed by atoms with Gasteiger partial charge in [0.1, 0.15) is 11.6 Å². The number of hydrogen-bond donors (Lipinski definition) is 1. The summed E-state index contributed by atoms with van der Waals surface area (Å²) in [7, 11) is -2.02. The van der Waals surface area contributed by atoms with Crippen molar-refractivity contribution >= 4 is 38.9 Å². The lowest BCUT2D eigenvalue weighted by atomic mass is 10.1. The summed E-state index contributed by atoms with van der Waals surface area (Å²) in [5, 5.41) is 1.11. The Kier molecular flexibility index (Phi) is 7.90. The molecule has 1 fully saturated rings. The molecule has 11 heteroatoms. The number of piperazine rings is 1. The summed E-state index contributed by atoms with van der Waals surface area (Å²) >= 11 is 12.3. The van der Waals surface area contributed by atoms with Gasteiger partial charge in [-0.25, -0.2) is 13.4 Å². The van der Waals surface area contributed by atoms with Crippen LogP contribution < -0.4 is 9.64 Å². The molecule has 0 bridgehead atoms. The number of rotatable bonds is 8. The summed E-state index contributed by atoms with van der Waals surface area (Å²) in [6, 6.07) is 16.0. The zero-order chi connectivity index (χ0) is 26.7. The summed E-state index contributed by atoms with van der Waals surface area (Å²) in [6.45, 7) is 1.82. The zero-order valence-electron chi connectivity index (χ0n) is 20.8. The topological polar surface area (TPSA) is 91.4 Å². The van der Waals surface area contributed by atoms with Crippen molar-refractivity contribution in [3.63, 3.8) is 0 Å². The van der Waals surface area contributed by atoms with Crippen LogP contribution in [0.3, 0.4) is 0 Å². The number of nitrogens with one attached hydrogen (secondary N) is 1. The van der Waals surface area contributed by atoms with E-state index >= 15 is 0 Å². The molecule has 0 spiro atoms. The summed E-state index contributed by atoms with van der Waals surface area (Å²) in [5.41, 5.74) is 3.28. The average Bonchev–Trinajstić information content (AvgIpc) is 3.45. The van der Waals surface area contributed by atoms with Gasteiger partial charge in [-0.3, -0.25) is 4.98 Å². The lowest BCUT2D eigenvalue weighted by molar-refractivity contribution is 0.385. The van der Waals surface area contributed by atoms with Crippen LogP contribution in [0.15, 0.2) is 71.9 Å². The standard InChI is InChI=1S/C27H27Cl2N5O3S/c1-37-24-17-22(4-7-27-30-8-9-31-27)32-26(18-24)19-2-5-25(6-3-19)38(35,36)34-12-10-33(11-13-34)23-15-20(28)14-21(29)16-23/h2-3,5-6,8-9,14-18H,4,7,10-13H2,1H3,(H,30,31). The summed E-state index contributed by atoms with van der Waals surface area (Å²) < 4.78 is 33.7. The third kappa shape index (κ3) is 5.96. The van der Waals surface area contributed by atoms with Crippen molar-refractivity contribution in [3.05, 3.63) is 88.6 Å². The van der Waals surface area contributed by atoms with Gasteiger partial charge < -0.3 is 14.6 Å². The first kappa shape index (κ1) is 26.5. The summed E-state index contributed by atoms with van der Waals surface area (Å²) in [6.07, 6.45) is 4.94. The summed E-state index contributed by atoms with van der Waals surface area (Å²) in [4.78, 5) is 14.5. The van der Waals surface area contributed by atoms with Gasteiger partial charge in [0.05, 0.1) is 17.7 Å². The van der Waals surface area contributed by atoms with Crippen LogP contribution in [0.5, 0.6) is 5.75 Å². The number of imidazole rings is 1. The minimum Gasteiger partial charge on any atom is -0.497 e. The number of halogens is 2. The Morgan fingerprint density at radius 1 is 0.947 bits per heavy atom. The molecule has 0 unspecified atom stereocenters. The molecule has 0 atom stereocenters. The molecule has 1 aliphatic heterocycles. The molecule has 0 aliphatic carbocycles. The number of aryl methyl sites for hydroxylation is 2. The molecular weight excluding hydrogens is 545 g/mol. The highest BCUT2D eigenvalue weighted by Crippen LogP contribution is 2.29. The Labute approximate surface area is 232 Å². The van der Waals surface area contributed by atoms with Crippen LogP contribution in [-0.2, 0) is 22.9 Å².